The quantitative estimate of drug-likeness (QED) is 0.414. The molecule has 0 fully saturated rings. The average molecular weight is 388 g/mol. The predicted molar refractivity (Wildman–Crippen MR) is 84.4 cm³/mol. The summed E-state index contributed by atoms with van der Waals surface area (Å²) in [5, 5.41) is 0. The van der Waals surface area contributed by atoms with Crippen LogP contribution in [0.4, 0.5) is 26.3 Å². The maximum absolute atomic E-state index is 12.8. The Kier molecular flexibility index (Phi) is 7.51. The van der Waals surface area contributed by atoms with Gasteiger partial charge >= 0.3 is 20.9 Å². The standard InChI is InChI=1S/C16H22F6O2Si/c1-4-23-25(3,24-5-2)8-6-7-12-9-13(15(17,18)19)11-14(10-12)16(20,21)22/h9-11H,4-8H2,1-3H3. The molecule has 0 unspecified atom stereocenters. The summed E-state index contributed by atoms with van der Waals surface area (Å²) in [6.45, 7) is 6.36. The van der Waals surface area contributed by atoms with Gasteiger partial charge in [-0.3, -0.25) is 0 Å². The van der Waals surface area contributed by atoms with Gasteiger partial charge in [-0.05, 0) is 63.0 Å². The van der Waals surface area contributed by atoms with E-state index in [0.717, 1.165) is 12.1 Å². The van der Waals surface area contributed by atoms with Crippen molar-refractivity contribution in [2.45, 2.75) is 51.6 Å². The third-order valence-corrected chi connectivity index (χ3v) is 6.70. The molecule has 0 atom stereocenters. The Balaban J connectivity index is 2.94. The molecule has 0 radical (unpaired) electrons. The molecule has 0 saturated heterocycles. The van der Waals surface area contributed by atoms with E-state index in [-0.39, 0.29) is 18.1 Å². The van der Waals surface area contributed by atoms with Crippen LogP contribution < -0.4 is 0 Å². The number of alkyl halides is 6. The first-order valence-electron chi connectivity index (χ1n) is 7.97. The molecule has 1 rings (SSSR count). The van der Waals surface area contributed by atoms with Gasteiger partial charge in [0.15, 0.2) is 0 Å². The van der Waals surface area contributed by atoms with Gasteiger partial charge < -0.3 is 8.85 Å². The van der Waals surface area contributed by atoms with Crippen LogP contribution in [0, 0.1) is 0 Å². The van der Waals surface area contributed by atoms with Crippen LogP contribution >= 0.6 is 0 Å². The van der Waals surface area contributed by atoms with E-state index in [1.807, 2.05) is 20.4 Å². The third kappa shape index (κ3) is 6.99. The molecule has 0 aliphatic heterocycles. The van der Waals surface area contributed by atoms with Crippen LogP contribution in [-0.2, 0) is 27.6 Å². The predicted octanol–water partition coefficient (Wildman–Crippen LogP) is 5.80. The summed E-state index contributed by atoms with van der Waals surface area (Å²) < 4.78 is 88.3. The summed E-state index contributed by atoms with van der Waals surface area (Å²) >= 11 is 0. The zero-order chi connectivity index (χ0) is 19.3. The van der Waals surface area contributed by atoms with E-state index in [4.69, 9.17) is 8.85 Å². The van der Waals surface area contributed by atoms with Crippen molar-refractivity contribution in [1.82, 2.24) is 0 Å². The second-order valence-electron chi connectivity index (χ2n) is 5.77. The number of rotatable bonds is 8. The van der Waals surface area contributed by atoms with Crippen molar-refractivity contribution in [2.24, 2.45) is 0 Å². The Morgan fingerprint density at radius 2 is 1.28 bits per heavy atom. The Labute approximate surface area is 144 Å². The maximum atomic E-state index is 12.8. The highest BCUT2D eigenvalue weighted by Crippen LogP contribution is 2.36. The SMILES string of the molecule is CCO[Si](C)(CCCc1cc(C(F)(F)F)cc(C(F)(F)F)c1)OCC. The molecule has 2 nitrogen and oxygen atoms in total. The molecule has 0 saturated carbocycles. The van der Waals surface area contributed by atoms with E-state index < -0.39 is 32.0 Å². The molecule has 0 aromatic heterocycles. The third-order valence-electron chi connectivity index (χ3n) is 3.64. The van der Waals surface area contributed by atoms with Gasteiger partial charge in [0.1, 0.15) is 0 Å². The summed E-state index contributed by atoms with van der Waals surface area (Å²) in [6.07, 6.45) is -9.16. The minimum absolute atomic E-state index is 0.00602. The normalized spacial score (nSPS) is 13.3. The van der Waals surface area contributed by atoms with E-state index in [9.17, 15) is 26.3 Å². The average Bonchev–Trinajstić information content (AvgIpc) is 2.45. The Hall–Kier alpha value is -1.06. The van der Waals surface area contributed by atoms with Crippen LogP contribution in [0.25, 0.3) is 0 Å². The minimum atomic E-state index is -4.82. The molecule has 0 aliphatic rings. The Bertz CT molecular complexity index is 518. The highest BCUT2D eigenvalue weighted by molar-refractivity contribution is 6.66. The van der Waals surface area contributed by atoms with E-state index in [1.165, 1.54) is 0 Å². The fourth-order valence-corrected chi connectivity index (χ4v) is 4.99. The van der Waals surface area contributed by atoms with Gasteiger partial charge in [-0.25, -0.2) is 0 Å². The smallest absolute Gasteiger partial charge is 0.395 e. The summed E-state index contributed by atoms with van der Waals surface area (Å²) in [5.41, 5.74) is -2.56. The zero-order valence-corrected chi connectivity index (χ0v) is 15.4. The lowest BCUT2D eigenvalue weighted by Gasteiger charge is -2.26. The molecule has 144 valence electrons. The molecular formula is C16H22F6O2Si. The van der Waals surface area contributed by atoms with E-state index in [2.05, 4.69) is 0 Å². The lowest BCUT2D eigenvalue weighted by atomic mass is 10.0. The molecular weight excluding hydrogens is 366 g/mol. The number of benzene rings is 1. The van der Waals surface area contributed by atoms with Gasteiger partial charge in [0.05, 0.1) is 11.1 Å². The summed E-state index contributed by atoms with van der Waals surface area (Å²) in [6, 6.07) is 2.18. The first-order valence-corrected chi connectivity index (χ1v) is 10.5. The van der Waals surface area contributed by atoms with Crippen LogP contribution in [0.3, 0.4) is 0 Å². The monoisotopic (exact) mass is 388 g/mol. The van der Waals surface area contributed by atoms with Crippen molar-refractivity contribution in [3.8, 4) is 0 Å². The molecule has 0 spiro atoms. The van der Waals surface area contributed by atoms with Gasteiger partial charge in [-0.15, -0.1) is 0 Å². The number of halogens is 6. The van der Waals surface area contributed by atoms with Crippen molar-refractivity contribution in [3.05, 3.63) is 34.9 Å². The van der Waals surface area contributed by atoms with E-state index in [1.54, 1.807) is 0 Å². The van der Waals surface area contributed by atoms with Crippen molar-refractivity contribution in [1.29, 1.82) is 0 Å². The van der Waals surface area contributed by atoms with Crippen molar-refractivity contribution < 1.29 is 35.2 Å². The van der Waals surface area contributed by atoms with Crippen LogP contribution in [0.2, 0.25) is 12.6 Å². The van der Waals surface area contributed by atoms with Crippen molar-refractivity contribution in [3.63, 3.8) is 0 Å². The van der Waals surface area contributed by atoms with Crippen LogP contribution in [-0.4, -0.2) is 21.8 Å². The van der Waals surface area contributed by atoms with E-state index >= 15 is 0 Å². The molecule has 1 aromatic rings. The fraction of sp³-hybridized carbons (Fsp3) is 0.625. The maximum Gasteiger partial charge on any atom is 0.416 e. The first-order chi connectivity index (χ1) is 11.4. The van der Waals surface area contributed by atoms with Crippen molar-refractivity contribution >= 4 is 8.56 Å². The highest BCUT2D eigenvalue weighted by atomic mass is 28.4. The van der Waals surface area contributed by atoms with Crippen molar-refractivity contribution in [2.75, 3.05) is 13.2 Å². The molecule has 0 N–H and O–H groups in total. The van der Waals surface area contributed by atoms with Gasteiger partial charge in [-0.2, -0.15) is 26.3 Å². The van der Waals surface area contributed by atoms with Crippen LogP contribution in [0.15, 0.2) is 18.2 Å². The topological polar surface area (TPSA) is 18.5 Å². The van der Waals surface area contributed by atoms with Gasteiger partial charge in [-0.1, -0.05) is 0 Å². The molecule has 9 heteroatoms. The van der Waals surface area contributed by atoms with Gasteiger partial charge in [0.25, 0.3) is 0 Å². The number of hydrogen-bond acceptors (Lipinski definition) is 2. The summed E-state index contributed by atoms with van der Waals surface area (Å²) in [4.78, 5) is 0. The molecule has 1 aromatic carbocycles. The molecule has 0 amide bonds. The van der Waals surface area contributed by atoms with Gasteiger partial charge in [0.2, 0.25) is 0 Å². The Morgan fingerprint density at radius 3 is 1.64 bits per heavy atom. The van der Waals surface area contributed by atoms with Crippen LogP contribution in [0.1, 0.15) is 37.0 Å². The van der Waals surface area contributed by atoms with E-state index in [0.29, 0.717) is 25.7 Å². The summed E-state index contributed by atoms with van der Waals surface area (Å²) in [5.74, 6) is 0. The largest absolute Gasteiger partial charge is 0.416 e. The number of hydrogen-bond donors (Lipinski definition) is 0. The second kappa shape index (κ2) is 8.55. The molecule has 0 heterocycles. The molecule has 0 bridgehead atoms. The van der Waals surface area contributed by atoms with Crippen LogP contribution in [0.5, 0.6) is 0 Å². The lowest BCUT2D eigenvalue weighted by Crippen LogP contribution is -2.38. The molecule has 0 aliphatic carbocycles. The highest BCUT2D eigenvalue weighted by Gasteiger charge is 2.37. The summed E-state index contributed by atoms with van der Waals surface area (Å²) in [7, 11) is -2.45. The number of aryl methyl sites for hydroxylation is 1. The zero-order valence-electron chi connectivity index (χ0n) is 14.4. The lowest BCUT2D eigenvalue weighted by molar-refractivity contribution is -0.143. The fourth-order valence-electron chi connectivity index (χ4n) is 2.57. The first kappa shape index (κ1) is 22.0. The second-order valence-corrected chi connectivity index (χ2v) is 9.11. The minimum Gasteiger partial charge on any atom is -0.395 e. The van der Waals surface area contributed by atoms with Gasteiger partial charge in [0, 0.05) is 13.2 Å². The molecule has 25 heavy (non-hydrogen) atoms. The Morgan fingerprint density at radius 1 is 0.840 bits per heavy atom.